The number of halogens is 1. The summed E-state index contributed by atoms with van der Waals surface area (Å²) in [5, 5.41) is 15.5. The van der Waals surface area contributed by atoms with Gasteiger partial charge in [0, 0.05) is 0 Å². The Balaban J connectivity index is 0.00000441. The minimum absolute atomic E-state index is 0. The minimum atomic E-state index is -0.871. The lowest BCUT2D eigenvalue weighted by molar-refractivity contribution is -0.171. The van der Waals surface area contributed by atoms with Crippen LogP contribution in [0.4, 0.5) is 0 Å². The topological polar surface area (TPSA) is 125 Å². The smallest absolute Gasteiger partial charge is 0.268 e. The molecule has 0 spiro atoms. The highest BCUT2D eigenvalue weighted by Crippen LogP contribution is 2.10. The molecule has 0 aromatic heterocycles. The van der Waals surface area contributed by atoms with Crippen LogP contribution in [0.25, 0.3) is 0 Å². The first kappa shape index (κ1) is 20.6. The maximum Gasteiger partial charge on any atom is 0.268 e. The summed E-state index contributed by atoms with van der Waals surface area (Å²) in [7, 11) is 0. The normalized spacial score (nSPS) is 18.5. The summed E-state index contributed by atoms with van der Waals surface area (Å²) < 4.78 is 0. The number of carbonyl (C=O) groups is 3. The lowest BCUT2D eigenvalue weighted by atomic mass is 10.0. The van der Waals surface area contributed by atoms with E-state index in [2.05, 4.69) is 10.6 Å². The maximum absolute atomic E-state index is 12.1. The predicted octanol–water partition coefficient (Wildman–Crippen LogP) is -0.606. The van der Waals surface area contributed by atoms with Crippen molar-refractivity contribution in [2.24, 2.45) is 11.7 Å². The second kappa shape index (κ2) is 9.60. The van der Waals surface area contributed by atoms with Crippen molar-refractivity contribution in [3.05, 3.63) is 0 Å². The Morgan fingerprint density at radius 1 is 1.41 bits per heavy atom. The van der Waals surface area contributed by atoms with Crippen LogP contribution in [-0.4, -0.2) is 53.2 Å². The summed E-state index contributed by atoms with van der Waals surface area (Å²) in [6.45, 7) is 3.98. The minimum Gasteiger partial charge on any atom is -0.368 e. The van der Waals surface area contributed by atoms with Crippen molar-refractivity contribution in [3.8, 4) is 0 Å². The molecule has 0 aliphatic carbocycles. The molecule has 5 N–H and O–H groups in total. The third-order valence-corrected chi connectivity index (χ3v) is 3.26. The van der Waals surface area contributed by atoms with Gasteiger partial charge in [0.05, 0.1) is 6.04 Å². The zero-order valence-corrected chi connectivity index (χ0v) is 13.7. The Morgan fingerprint density at radius 3 is 2.50 bits per heavy atom. The fourth-order valence-electron chi connectivity index (χ4n) is 2.28. The van der Waals surface area contributed by atoms with E-state index >= 15 is 0 Å². The van der Waals surface area contributed by atoms with Gasteiger partial charge >= 0.3 is 0 Å². The highest BCUT2D eigenvalue weighted by atomic mass is 35.5. The van der Waals surface area contributed by atoms with E-state index in [1.165, 1.54) is 0 Å². The number of nitrogens with zero attached hydrogens (tertiary/aromatic N) is 1. The third kappa shape index (κ3) is 6.59. The molecule has 0 radical (unpaired) electrons. The molecule has 0 aromatic carbocycles. The first-order valence-corrected chi connectivity index (χ1v) is 7.13. The van der Waals surface area contributed by atoms with Gasteiger partial charge in [-0.2, -0.15) is 0 Å². The highest BCUT2D eigenvalue weighted by Gasteiger charge is 2.30. The van der Waals surface area contributed by atoms with E-state index in [0.717, 1.165) is 19.4 Å². The highest BCUT2D eigenvalue weighted by molar-refractivity contribution is 5.91. The number of amides is 3. The van der Waals surface area contributed by atoms with Crippen molar-refractivity contribution in [2.75, 3.05) is 13.1 Å². The summed E-state index contributed by atoms with van der Waals surface area (Å²) in [6, 6.07) is -1.18. The van der Waals surface area contributed by atoms with Gasteiger partial charge in [-0.05, 0) is 31.7 Å². The Labute approximate surface area is 136 Å². The molecular weight excluding hydrogens is 312 g/mol. The zero-order valence-electron chi connectivity index (χ0n) is 12.9. The Bertz CT molecular complexity index is 400. The Kier molecular flexibility index (Phi) is 9.00. The van der Waals surface area contributed by atoms with Crippen LogP contribution < -0.4 is 16.4 Å². The average molecular weight is 337 g/mol. The summed E-state index contributed by atoms with van der Waals surface area (Å²) in [6.07, 6.45) is 2.00. The van der Waals surface area contributed by atoms with E-state index in [1.807, 2.05) is 13.8 Å². The van der Waals surface area contributed by atoms with Crippen molar-refractivity contribution >= 4 is 30.1 Å². The van der Waals surface area contributed by atoms with E-state index < -0.39 is 24.4 Å². The maximum atomic E-state index is 12.1. The molecule has 2 unspecified atom stereocenters. The number of rotatable bonds is 7. The summed E-state index contributed by atoms with van der Waals surface area (Å²) in [4.78, 5) is 34.9. The van der Waals surface area contributed by atoms with E-state index in [-0.39, 0.29) is 35.3 Å². The SMILES string of the molecule is CC(C)CC(NC(=O)C1CCCN1)C(=O)N(O)CC(N)=O.Cl. The quantitative estimate of drug-likeness (QED) is 0.365. The Morgan fingerprint density at radius 2 is 2.05 bits per heavy atom. The number of primary amides is 1. The van der Waals surface area contributed by atoms with Gasteiger partial charge in [0.15, 0.2) is 0 Å². The van der Waals surface area contributed by atoms with Gasteiger partial charge in [0.25, 0.3) is 5.91 Å². The van der Waals surface area contributed by atoms with Crippen LogP contribution in [0.3, 0.4) is 0 Å². The van der Waals surface area contributed by atoms with E-state index in [4.69, 9.17) is 5.73 Å². The standard InChI is InChI=1S/C13H24N4O4.ClH/c1-8(2)6-10(13(20)17(21)7-11(14)18)16-12(19)9-4-3-5-15-9;/h8-10,15,21H,3-7H2,1-2H3,(H2,14,18)(H,16,19);1H. The summed E-state index contributed by atoms with van der Waals surface area (Å²) in [5.74, 6) is -1.68. The van der Waals surface area contributed by atoms with Gasteiger partial charge in [-0.3, -0.25) is 19.6 Å². The number of nitrogens with two attached hydrogens (primary N) is 1. The van der Waals surface area contributed by atoms with Crippen molar-refractivity contribution in [2.45, 2.75) is 45.2 Å². The molecule has 128 valence electrons. The van der Waals surface area contributed by atoms with E-state index in [0.29, 0.717) is 6.42 Å². The first-order valence-electron chi connectivity index (χ1n) is 7.13. The van der Waals surface area contributed by atoms with Crippen LogP contribution in [0, 0.1) is 5.92 Å². The van der Waals surface area contributed by atoms with Crippen LogP contribution >= 0.6 is 12.4 Å². The molecule has 9 heteroatoms. The second-order valence-corrected chi connectivity index (χ2v) is 5.70. The Hall–Kier alpha value is -1.38. The van der Waals surface area contributed by atoms with Crippen LogP contribution in [0.15, 0.2) is 0 Å². The molecule has 1 heterocycles. The number of hydrogen-bond acceptors (Lipinski definition) is 5. The van der Waals surface area contributed by atoms with Gasteiger partial charge in [0.2, 0.25) is 11.8 Å². The molecule has 3 amide bonds. The van der Waals surface area contributed by atoms with Crippen LogP contribution in [0.5, 0.6) is 0 Å². The fourth-order valence-corrected chi connectivity index (χ4v) is 2.28. The van der Waals surface area contributed by atoms with Crippen LogP contribution in [-0.2, 0) is 14.4 Å². The molecule has 8 nitrogen and oxygen atoms in total. The summed E-state index contributed by atoms with van der Waals surface area (Å²) >= 11 is 0. The third-order valence-electron chi connectivity index (χ3n) is 3.26. The van der Waals surface area contributed by atoms with Gasteiger partial charge < -0.3 is 16.4 Å². The van der Waals surface area contributed by atoms with Gasteiger partial charge in [-0.1, -0.05) is 13.8 Å². The molecule has 0 aromatic rings. The lowest BCUT2D eigenvalue weighted by Gasteiger charge is -2.24. The summed E-state index contributed by atoms with van der Waals surface area (Å²) in [5.41, 5.74) is 4.94. The number of hydroxylamine groups is 2. The molecular formula is C13H25ClN4O4. The molecule has 22 heavy (non-hydrogen) atoms. The van der Waals surface area contributed by atoms with Crippen molar-refractivity contribution in [1.82, 2.24) is 15.7 Å². The first-order chi connectivity index (χ1) is 9.81. The molecule has 1 rings (SSSR count). The molecule has 1 fully saturated rings. The molecule has 1 saturated heterocycles. The van der Waals surface area contributed by atoms with Crippen molar-refractivity contribution in [1.29, 1.82) is 0 Å². The van der Waals surface area contributed by atoms with Crippen LogP contribution in [0.2, 0.25) is 0 Å². The van der Waals surface area contributed by atoms with Crippen molar-refractivity contribution < 1.29 is 19.6 Å². The zero-order chi connectivity index (χ0) is 16.0. The predicted molar refractivity (Wildman–Crippen MR) is 82.4 cm³/mol. The second-order valence-electron chi connectivity index (χ2n) is 5.70. The number of hydrogen-bond donors (Lipinski definition) is 4. The number of nitrogens with one attached hydrogen (secondary N) is 2. The fraction of sp³-hybridized carbons (Fsp3) is 0.769. The van der Waals surface area contributed by atoms with Gasteiger partial charge in [-0.15, -0.1) is 12.4 Å². The molecule has 2 atom stereocenters. The molecule has 1 aliphatic rings. The van der Waals surface area contributed by atoms with Crippen molar-refractivity contribution in [3.63, 3.8) is 0 Å². The van der Waals surface area contributed by atoms with Gasteiger partial charge in [0.1, 0.15) is 12.6 Å². The largest absolute Gasteiger partial charge is 0.368 e. The molecule has 0 saturated carbocycles. The van der Waals surface area contributed by atoms with E-state index in [1.54, 1.807) is 0 Å². The van der Waals surface area contributed by atoms with Gasteiger partial charge in [-0.25, -0.2) is 5.06 Å². The number of carbonyl (C=O) groups excluding carboxylic acids is 3. The average Bonchev–Trinajstić information content (AvgIpc) is 2.89. The molecule has 1 aliphatic heterocycles. The monoisotopic (exact) mass is 336 g/mol. The molecule has 0 bridgehead atoms. The van der Waals surface area contributed by atoms with Crippen LogP contribution in [0.1, 0.15) is 33.1 Å². The lowest BCUT2D eigenvalue weighted by Crippen LogP contribution is -2.53. The van der Waals surface area contributed by atoms with E-state index in [9.17, 15) is 19.6 Å².